The Morgan fingerprint density at radius 2 is 1.35 bits per heavy atom. The van der Waals surface area contributed by atoms with E-state index in [4.69, 9.17) is 34.0 Å². The van der Waals surface area contributed by atoms with Gasteiger partial charge in [-0.3, -0.25) is 4.90 Å². The first-order valence-electron chi connectivity index (χ1n) is 11.3. The minimum absolute atomic E-state index is 0.648. The number of carbonyl (C=O) groups is 2. The van der Waals surface area contributed by atoms with E-state index in [0.29, 0.717) is 11.5 Å². The Morgan fingerprint density at radius 1 is 0.850 bits per heavy atom. The molecule has 3 rings (SSSR count). The van der Waals surface area contributed by atoms with E-state index in [1.807, 2.05) is 18.3 Å². The molecule has 40 heavy (non-hydrogen) atoms. The van der Waals surface area contributed by atoms with Crippen LogP contribution in [0.1, 0.15) is 11.1 Å². The largest absolute Gasteiger partial charge is 0.493 e. The first-order chi connectivity index (χ1) is 18.6. The number of hydrogen-bond acceptors (Lipinski definition) is 8. The highest BCUT2D eigenvalue weighted by Crippen LogP contribution is 2.40. The van der Waals surface area contributed by atoms with Crippen LogP contribution in [0.3, 0.4) is 0 Å². The van der Waals surface area contributed by atoms with Gasteiger partial charge >= 0.3 is 24.3 Å². The molecular weight excluding hydrogens is 556 g/mol. The first-order valence-corrected chi connectivity index (χ1v) is 11.3. The van der Waals surface area contributed by atoms with Gasteiger partial charge in [0.15, 0.2) is 11.5 Å². The van der Waals surface area contributed by atoms with Crippen molar-refractivity contribution >= 4 is 17.8 Å². The van der Waals surface area contributed by atoms with E-state index < -0.39 is 24.3 Å². The Hall–Kier alpha value is -3.95. The number of aromatic nitrogens is 1. The van der Waals surface area contributed by atoms with Crippen LogP contribution in [-0.2, 0) is 16.1 Å². The first kappa shape index (κ1) is 34.1. The number of hydrogen-bond donors (Lipinski definition) is 2. The van der Waals surface area contributed by atoms with Gasteiger partial charge in [-0.1, -0.05) is 12.1 Å². The zero-order valence-electron chi connectivity index (χ0n) is 22.0. The summed E-state index contributed by atoms with van der Waals surface area (Å²) in [7, 11) is 4.94. The lowest BCUT2D eigenvalue weighted by Gasteiger charge is -2.36. The van der Waals surface area contributed by atoms with Crippen LogP contribution >= 0.6 is 0 Å². The lowest BCUT2D eigenvalue weighted by Crippen LogP contribution is -2.46. The lowest BCUT2D eigenvalue weighted by molar-refractivity contribution is -0.193. The maximum Gasteiger partial charge on any atom is 0.490 e. The van der Waals surface area contributed by atoms with Crippen molar-refractivity contribution in [3.05, 3.63) is 41.6 Å². The molecule has 0 saturated carbocycles. The summed E-state index contributed by atoms with van der Waals surface area (Å²) >= 11 is 0. The highest BCUT2D eigenvalue weighted by Gasteiger charge is 2.38. The Bertz CT molecular complexity index is 1100. The van der Waals surface area contributed by atoms with Crippen LogP contribution in [-0.4, -0.2) is 91.9 Å². The number of rotatable bonds is 6. The summed E-state index contributed by atoms with van der Waals surface area (Å²) in [6, 6.07) is 8.08. The van der Waals surface area contributed by atoms with E-state index in [9.17, 15) is 26.3 Å². The number of ether oxygens (including phenoxy) is 3. The van der Waals surface area contributed by atoms with Gasteiger partial charge < -0.3 is 29.3 Å². The van der Waals surface area contributed by atoms with E-state index in [1.165, 1.54) is 5.56 Å². The minimum atomic E-state index is -5.08. The van der Waals surface area contributed by atoms with E-state index in [2.05, 4.69) is 33.8 Å². The molecule has 0 spiro atoms. The molecule has 1 aromatic carbocycles. The number of anilines is 1. The third-order valence-electron chi connectivity index (χ3n) is 5.32. The van der Waals surface area contributed by atoms with Crippen LogP contribution < -0.4 is 19.1 Å². The Morgan fingerprint density at radius 3 is 1.75 bits per heavy atom. The molecule has 0 bridgehead atoms. The number of piperazine rings is 1. The van der Waals surface area contributed by atoms with Crippen molar-refractivity contribution in [2.75, 3.05) is 52.4 Å². The molecule has 0 aliphatic carbocycles. The van der Waals surface area contributed by atoms with Crippen LogP contribution in [0.2, 0.25) is 0 Å². The number of methoxy groups -OCH3 is 3. The zero-order chi connectivity index (χ0) is 30.7. The van der Waals surface area contributed by atoms with Crippen LogP contribution in [0.25, 0.3) is 0 Å². The molecule has 16 heteroatoms. The van der Waals surface area contributed by atoms with E-state index in [1.54, 1.807) is 21.3 Å². The molecule has 0 amide bonds. The summed E-state index contributed by atoms with van der Waals surface area (Å²) in [5, 5.41) is 14.2. The quantitative estimate of drug-likeness (QED) is 0.481. The summed E-state index contributed by atoms with van der Waals surface area (Å²) < 4.78 is 79.9. The van der Waals surface area contributed by atoms with Crippen molar-refractivity contribution in [1.82, 2.24) is 9.88 Å². The van der Waals surface area contributed by atoms with Crippen molar-refractivity contribution in [3.63, 3.8) is 0 Å². The molecule has 224 valence electrons. The monoisotopic (exact) mass is 585 g/mol. The zero-order valence-corrected chi connectivity index (χ0v) is 22.0. The second-order valence-corrected chi connectivity index (χ2v) is 8.01. The highest BCUT2D eigenvalue weighted by atomic mass is 19.4. The molecule has 1 aliphatic rings. The van der Waals surface area contributed by atoms with Crippen molar-refractivity contribution in [2.45, 2.75) is 25.8 Å². The normalized spacial score (nSPS) is 13.7. The van der Waals surface area contributed by atoms with Crippen LogP contribution in [0.4, 0.5) is 32.2 Å². The van der Waals surface area contributed by atoms with Crippen molar-refractivity contribution in [3.8, 4) is 17.2 Å². The number of nitrogens with zero attached hydrogens (tertiary/aromatic N) is 3. The van der Waals surface area contributed by atoms with Crippen LogP contribution in [0.5, 0.6) is 17.2 Å². The fourth-order valence-electron chi connectivity index (χ4n) is 3.45. The average Bonchev–Trinajstić information content (AvgIpc) is 2.88. The number of carboxylic acid groups (broad SMARTS) is 2. The predicted octanol–water partition coefficient (Wildman–Crippen LogP) is 4.00. The van der Waals surface area contributed by atoms with Gasteiger partial charge in [0, 0.05) is 44.5 Å². The Labute approximate surface area is 225 Å². The molecule has 10 nitrogen and oxygen atoms in total. The number of alkyl halides is 6. The fraction of sp³-hybridized carbons (Fsp3) is 0.458. The molecular formula is C24H29F6N3O7. The van der Waals surface area contributed by atoms with Gasteiger partial charge in [-0.2, -0.15) is 26.3 Å². The van der Waals surface area contributed by atoms with E-state index in [0.717, 1.165) is 49.9 Å². The van der Waals surface area contributed by atoms with Gasteiger partial charge in [0.1, 0.15) is 5.82 Å². The molecule has 1 aliphatic heterocycles. The van der Waals surface area contributed by atoms with Crippen LogP contribution in [0.15, 0.2) is 30.5 Å². The van der Waals surface area contributed by atoms with Gasteiger partial charge in [-0.15, -0.1) is 0 Å². The SMILES string of the molecule is COc1ccc(CN2CCN(c3ncccc3C)CC2)c(OC)c1OC.O=C(O)C(F)(F)F.O=C(O)C(F)(F)F. The molecule has 1 fully saturated rings. The Balaban J connectivity index is 0.000000473. The molecule has 1 saturated heterocycles. The van der Waals surface area contributed by atoms with Crippen molar-refractivity contribution < 1.29 is 60.4 Å². The van der Waals surface area contributed by atoms with Crippen molar-refractivity contribution in [1.29, 1.82) is 0 Å². The fourth-order valence-corrected chi connectivity index (χ4v) is 3.45. The number of pyridine rings is 1. The summed E-state index contributed by atoms with van der Waals surface area (Å²) in [4.78, 5) is 27.1. The highest BCUT2D eigenvalue weighted by molar-refractivity contribution is 5.73. The van der Waals surface area contributed by atoms with Gasteiger partial charge in [0.25, 0.3) is 0 Å². The van der Waals surface area contributed by atoms with Gasteiger partial charge in [0.05, 0.1) is 21.3 Å². The minimum Gasteiger partial charge on any atom is -0.493 e. The van der Waals surface area contributed by atoms with E-state index in [-0.39, 0.29) is 0 Å². The van der Waals surface area contributed by atoms with Crippen LogP contribution in [0, 0.1) is 6.92 Å². The number of aryl methyl sites for hydroxylation is 1. The number of carboxylic acids is 2. The maximum absolute atomic E-state index is 10.6. The summed E-state index contributed by atoms with van der Waals surface area (Å²) in [6.45, 7) is 6.82. The average molecular weight is 585 g/mol. The molecule has 0 atom stereocenters. The Kier molecular flexibility index (Phi) is 12.8. The number of benzene rings is 1. The second kappa shape index (κ2) is 15.0. The van der Waals surface area contributed by atoms with Crippen molar-refractivity contribution in [2.24, 2.45) is 0 Å². The molecule has 1 aromatic heterocycles. The molecule has 2 heterocycles. The second-order valence-electron chi connectivity index (χ2n) is 8.01. The molecule has 0 unspecified atom stereocenters. The summed E-state index contributed by atoms with van der Waals surface area (Å²) in [5.74, 6) is -2.34. The summed E-state index contributed by atoms with van der Waals surface area (Å²) in [6.07, 6.45) is -8.30. The molecule has 2 aromatic rings. The molecule has 0 radical (unpaired) electrons. The van der Waals surface area contributed by atoms with E-state index >= 15 is 0 Å². The summed E-state index contributed by atoms with van der Waals surface area (Å²) in [5.41, 5.74) is 2.33. The standard InChI is InChI=1S/C20H27N3O3.2C2HF3O2/c1-15-6-5-9-21-20(15)23-12-10-22(11-13-23)14-16-7-8-17(24-2)19(26-4)18(16)25-3;2*3-2(4,5)1(6)7/h5-9H,10-14H2,1-4H3;2*(H,6,7). The van der Waals surface area contributed by atoms with Gasteiger partial charge in [-0.25, -0.2) is 14.6 Å². The number of aliphatic carboxylic acids is 2. The predicted molar refractivity (Wildman–Crippen MR) is 130 cm³/mol. The molecule has 2 N–H and O–H groups in total. The lowest BCUT2D eigenvalue weighted by atomic mass is 10.1. The maximum atomic E-state index is 10.6. The third kappa shape index (κ3) is 10.3. The number of halogens is 6. The topological polar surface area (TPSA) is 122 Å². The smallest absolute Gasteiger partial charge is 0.490 e. The van der Waals surface area contributed by atoms with Gasteiger partial charge in [-0.05, 0) is 24.6 Å². The third-order valence-corrected chi connectivity index (χ3v) is 5.32. The van der Waals surface area contributed by atoms with Gasteiger partial charge in [0.2, 0.25) is 5.75 Å².